The van der Waals surface area contributed by atoms with Crippen molar-refractivity contribution in [2.24, 2.45) is 5.92 Å². The van der Waals surface area contributed by atoms with Crippen molar-refractivity contribution in [1.29, 1.82) is 0 Å². The first-order valence-electron chi connectivity index (χ1n) is 9.13. The summed E-state index contributed by atoms with van der Waals surface area (Å²) in [6, 6.07) is 0.302. The number of hydrogen-bond acceptors (Lipinski definition) is 4. The molecule has 0 bridgehead atoms. The Morgan fingerprint density at radius 2 is 2.09 bits per heavy atom. The Bertz CT molecular complexity index is 498. The van der Waals surface area contributed by atoms with Gasteiger partial charge in [-0.1, -0.05) is 26.2 Å². The van der Waals surface area contributed by atoms with Crippen LogP contribution in [0.1, 0.15) is 58.8 Å². The lowest BCUT2D eigenvalue weighted by molar-refractivity contribution is -0.124. The van der Waals surface area contributed by atoms with E-state index in [0.717, 1.165) is 31.1 Å². The summed E-state index contributed by atoms with van der Waals surface area (Å²) in [5.41, 5.74) is 0. The minimum absolute atomic E-state index is 0.0384. The van der Waals surface area contributed by atoms with Gasteiger partial charge in [0.1, 0.15) is 0 Å². The molecule has 1 aromatic rings. The van der Waals surface area contributed by atoms with Crippen LogP contribution in [0.25, 0.3) is 0 Å². The number of likely N-dealkylation sites (tertiary alicyclic amines) is 1. The van der Waals surface area contributed by atoms with Crippen molar-refractivity contribution < 1.29 is 4.79 Å². The fourth-order valence-electron chi connectivity index (χ4n) is 4.04. The maximum Gasteiger partial charge on any atom is 0.246 e. The van der Waals surface area contributed by atoms with Crippen LogP contribution in [-0.2, 0) is 4.79 Å². The summed E-state index contributed by atoms with van der Waals surface area (Å²) in [7, 11) is 0. The lowest BCUT2D eigenvalue weighted by atomic mass is 9.93. The molecule has 5 heteroatoms. The third-order valence-electron chi connectivity index (χ3n) is 5.40. The van der Waals surface area contributed by atoms with Gasteiger partial charge in [0, 0.05) is 24.2 Å². The number of rotatable bonds is 4. The molecule has 23 heavy (non-hydrogen) atoms. The van der Waals surface area contributed by atoms with Gasteiger partial charge in [0.25, 0.3) is 0 Å². The average Bonchev–Trinajstić information content (AvgIpc) is 3.09. The molecule has 1 aliphatic carbocycles. The molecule has 0 radical (unpaired) electrons. The van der Waals surface area contributed by atoms with E-state index in [1.165, 1.54) is 32.1 Å². The smallest absolute Gasteiger partial charge is 0.246 e. The first-order valence-corrected chi connectivity index (χ1v) is 10.0. The Balaban J connectivity index is 1.76. The first-order chi connectivity index (χ1) is 11.2. The second-order valence-electron chi connectivity index (χ2n) is 7.23. The number of piperidine rings is 1. The van der Waals surface area contributed by atoms with Gasteiger partial charge in [0.15, 0.2) is 5.13 Å². The average molecular weight is 336 g/mol. The fraction of sp³-hybridized carbons (Fsp3) is 0.778. The van der Waals surface area contributed by atoms with Crippen LogP contribution in [-0.4, -0.2) is 41.0 Å². The third-order valence-corrected chi connectivity index (χ3v) is 6.17. The molecule has 0 spiro atoms. The number of anilines is 1. The number of thiazole rings is 1. The molecule has 0 unspecified atom stereocenters. The van der Waals surface area contributed by atoms with Crippen LogP contribution in [0.2, 0.25) is 0 Å². The Morgan fingerprint density at radius 3 is 2.74 bits per heavy atom. The van der Waals surface area contributed by atoms with E-state index in [9.17, 15) is 4.79 Å². The summed E-state index contributed by atoms with van der Waals surface area (Å²) in [4.78, 5) is 22.2. The largest absolute Gasteiger partial charge is 0.292 e. The highest BCUT2D eigenvalue weighted by atomic mass is 32.1. The Labute approximate surface area is 143 Å². The summed E-state index contributed by atoms with van der Waals surface area (Å²) in [5, 5.41) is 2.87. The Kier molecular flexibility index (Phi) is 5.70. The zero-order valence-electron chi connectivity index (χ0n) is 14.4. The summed E-state index contributed by atoms with van der Waals surface area (Å²) < 4.78 is 0. The maximum atomic E-state index is 13.3. The van der Waals surface area contributed by atoms with Crippen LogP contribution in [0.15, 0.2) is 11.6 Å². The molecule has 2 aliphatic rings. The molecule has 2 heterocycles. The summed E-state index contributed by atoms with van der Waals surface area (Å²) in [5.74, 6) is 0.947. The molecule has 1 saturated heterocycles. The Hall–Kier alpha value is -0.940. The minimum atomic E-state index is -0.0384. The fourth-order valence-corrected chi connectivity index (χ4v) is 4.76. The molecular weight excluding hydrogens is 306 g/mol. The van der Waals surface area contributed by atoms with Crippen molar-refractivity contribution in [3.8, 4) is 0 Å². The maximum absolute atomic E-state index is 13.3. The van der Waals surface area contributed by atoms with E-state index >= 15 is 0 Å². The Morgan fingerprint density at radius 1 is 1.30 bits per heavy atom. The van der Waals surface area contributed by atoms with Crippen LogP contribution in [0.5, 0.6) is 0 Å². The molecule has 128 valence electrons. The number of carbonyl (C=O) groups is 1. The van der Waals surface area contributed by atoms with Crippen molar-refractivity contribution >= 4 is 22.4 Å². The molecule has 1 saturated carbocycles. The molecule has 0 aromatic carbocycles. The van der Waals surface area contributed by atoms with Gasteiger partial charge in [-0.15, -0.1) is 11.3 Å². The molecule has 1 aromatic heterocycles. The van der Waals surface area contributed by atoms with Gasteiger partial charge < -0.3 is 0 Å². The summed E-state index contributed by atoms with van der Waals surface area (Å²) in [6.07, 6.45) is 10.3. The van der Waals surface area contributed by atoms with Gasteiger partial charge in [-0.25, -0.2) is 4.98 Å². The number of hydrogen-bond donors (Lipinski definition) is 0. The van der Waals surface area contributed by atoms with E-state index in [4.69, 9.17) is 0 Å². The third kappa shape index (κ3) is 3.94. The van der Waals surface area contributed by atoms with Gasteiger partial charge in [-0.05, 0) is 45.1 Å². The summed E-state index contributed by atoms with van der Waals surface area (Å²) in [6.45, 7) is 6.48. The van der Waals surface area contributed by atoms with Gasteiger partial charge >= 0.3 is 0 Å². The SMILES string of the molecule is C[C@H]1CCCN([C@@H](C)C(=O)N(c2nccs2)C2CCCCC2)C1. The molecule has 1 aliphatic heterocycles. The van der Waals surface area contributed by atoms with Gasteiger partial charge in [0.05, 0.1) is 6.04 Å². The van der Waals surface area contributed by atoms with E-state index in [1.54, 1.807) is 11.3 Å². The standard InChI is InChI=1S/C18H29N3OS/c1-14-7-6-11-20(13-14)15(2)17(22)21(18-19-10-12-23-18)16-8-4-3-5-9-16/h10,12,14-16H,3-9,11,13H2,1-2H3/t14-,15-/m0/s1. The van der Waals surface area contributed by atoms with E-state index in [1.807, 2.05) is 16.5 Å². The van der Waals surface area contributed by atoms with E-state index in [0.29, 0.717) is 12.0 Å². The topological polar surface area (TPSA) is 36.4 Å². The van der Waals surface area contributed by atoms with Crippen LogP contribution >= 0.6 is 11.3 Å². The highest BCUT2D eigenvalue weighted by molar-refractivity contribution is 7.13. The van der Waals surface area contributed by atoms with Crippen LogP contribution in [0.3, 0.4) is 0 Å². The lowest BCUT2D eigenvalue weighted by Crippen LogP contribution is -2.53. The molecule has 2 fully saturated rings. The quantitative estimate of drug-likeness (QED) is 0.836. The zero-order valence-corrected chi connectivity index (χ0v) is 15.2. The summed E-state index contributed by atoms with van der Waals surface area (Å²) >= 11 is 1.59. The molecule has 0 N–H and O–H groups in total. The van der Waals surface area contributed by atoms with Crippen molar-refractivity contribution in [2.45, 2.75) is 70.9 Å². The highest BCUT2D eigenvalue weighted by Crippen LogP contribution is 2.30. The van der Waals surface area contributed by atoms with Crippen molar-refractivity contribution in [3.63, 3.8) is 0 Å². The first kappa shape index (κ1) is 16.9. The number of nitrogens with zero attached hydrogens (tertiary/aromatic N) is 3. The van der Waals surface area contributed by atoms with Crippen molar-refractivity contribution in [2.75, 3.05) is 18.0 Å². The van der Waals surface area contributed by atoms with Crippen molar-refractivity contribution in [1.82, 2.24) is 9.88 Å². The highest BCUT2D eigenvalue weighted by Gasteiger charge is 2.34. The second kappa shape index (κ2) is 7.75. The molecule has 4 nitrogen and oxygen atoms in total. The van der Waals surface area contributed by atoms with Gasteiger partial charge in [-0.3, -0.25) is 14.6 Å². The molecular formula is C18H29N3OS. The predicted octanol–water partition coefficient (Wildman–Crippen LogP) is 3.93. The van der Waals surface area contributed by atoms with Gasteiger partial charge in [0.2, 0.25) is 5.91 Å². The zero-order chi connectivity index (χ0) is 16.2. The normalized spacial score (nSPS) is 25.2. The predicted molar refractivity (Wildman–Crippen MR) is 95.9 cm³/mol. The second-order valence-corrected chi connectivity index (χ2v) is 8.11. The number of aromatic nitrogens is 1. The monoisotopic (exact) mass is 335 g/mol. The van der Waals surface area contributed by atoms with E-state index < -0.39 is 0 Å². The van der Waals surface area contributed by atoms with Crippen molar-refractivity contribution in [3.05, 3.63) is 11.6 Å². The van der Waals surface area contributed by atoms with Crippen LogP contribution in [0.4, 0.5) is 5.13 Å². The van der Waals surface area contributed by atoms with E-state index in [-0.39, 0.29) is 11.9 Å². The van der Waals surface area contributed by atoms with E-state index in [2.05, 4.69) is 23.7 Å². The molecule has 1 amide bonds. The molecule has 3 rings (SSSR count). The van der Waals surface area contributed by atoms with Crippen LogP contribution < -0.4 is 4.90 Å². The lowest BCUT2D eigenvalue weighted by Gasteiger charge is -2.39. The molecule has 2 atom stereocenters. The van der Waals surface area contributed by atoms with Gasteiger partial charge in [-0.2, -0.15) is 0 Å². The minimum Gasteiger partial charge on any atom is -0.292 e. The number of amides is 1. The van der Waals surface area contributed by atoms with Crippen LogP contribution in [0, 0.1) is 5.92 Å². The number of carbonyl (C=O) groups excluding carboxylic acids is 1.